The topological polar surface area (TPSA) is 152 Å². The minimum atomic E-state index is -1.62. The number of carbonyl (C=O) groups is 2. The van der Waals surface area contributed by atoms with Crippen LogP contribution in [-0.2, 0) is 23.8 Å². The lowest BCUT2D eigenvalue weighted by Crippen LogP contribution is -2.33. The molecule has 0 unspecified atom stereocenters. The molecular weight excluding hydrogens is 799 g/mol. The highest BCUT2D eigenvalue weighted by Crippen LogP contribution is 2.29. The van der Waals surface area contributed by atoms with Crippen molar-refractivity contribution in [1.29, 1.82) is 0 Å². The summed E-state index contributed by atoms with van der Waals surface area (Å²) in [5, 5.41) is 32.0. The maximum atomic E-state index is 12.7. The zero-order valence-corrected chi connectivity index (χ0v) is 35.4. The van der Waals surface area contributed by atoms with Gasteiger partial charge in [-0.1, -0.05) is 99.0 Å². The molecule has 0 radical (unpaired) electrons. The van der Waals surface area contributed by atoms with Gasteiger partial charge < -0.3 is 39.5 Å². The molecule has 2 heterocycles. The normalized spacial score (nSPS) is 11.0. The Labute approximate surface area is 348 Å². The predicted octanol–water partition coefficient (Wildman–Crippen LogP) is 7.71. The fraction of sp³-hybridized carbons (Fsp3) is 0.182. The second-order valence-electron chi connectivity index (χ2n) is 13.3. The molecule has 300 valence electrons. The van der Waals surface area contributed by atoms with Gasteiger partial charge in [0.15, 0.2) is 0 Å². The maximum Gasteiger partial charge on any atom is 0.490 e. The number of hydrogen-bond donors (Lipinski definition) is 4. The summed E-state index contributed by atoms with van der Waals surface area (Å²) >= 11 is 3.36. The average molecular weight is 848 g/mol. The summed E-state index contributed by atoms with van der Waals surface area (Å²) in [7, 11) is 5.21. The van der Waals surface area contributed by atoms with Crippen LogP contribution in [0.2, 0.25) is 0 Å². The molecule has 12 nitrogen and oxygen atoms in total. The second-order valence-corrected chi connectivity index (χ2v) is 14.2. The van der Waals surface area contributed by atoms with Crippen LogP contribution in [0.5, 0.6) is 0 Å². The summed E-state index contributed by atoms with van der Waals surface area (Å²) in [4.78, 5) is 34.3. The van der Waals surface area contributed by atoms with Crippen molar-refractivity contribution in [2.45, 2.75) is 27.7 Å². The van der Waals surface area contributed by atoms with Crippen molar-refractivity contribution in [3.05, 3.63) is 160 Å². The van der Waals surface area contributed by atoms with Crippen LogP contribution in [-0.4, -0.2) is 63.8 Å². The van der Waals surface area contributed by atoms with Crippen molar-refractivity contribution in [2.75, 3.05) is 24.9 Å². The molecule has 0 bridgehead atoms. The lowest BCUT2D eigenvalue weighted by Gasteiger charge is -2.12. The fourth-order valence-electron chi connectivity index (χ4n) is 5.93. The van der Waals surface area contributed by atoms with E-state index in [0.717, 1.165) is 55.0 Å². The van der Waals surface area contributed by atoms with Gasteiger partial charge in [-0.3, -0.25) is 9.59 Å². The maximum absolute atomic E-state index is 12.7. The van der Waals surface area contributed by atoms with Crippen LogP contribution in [0.1, 0.15) is 56.8 Å². The molecule has 0 spiro atoms. The molecule has 6 aromatic rings. The number of aryl methyl sites for hydroxylation is 4. The molecule has 4 N–H and O–H groups in total. The number of benzene rings is 4. The molecule has 14 heteroatoms. The summed E-state index contributed by atoms with van der Waals surface area (Å²) < 4.78 is 4.76. The molecule has 2 amide bonds. The first-order chi connectivity index (χ1) is 27.7. The molecule has 0 saturated carbocycles. The van der Waals surface area contributed by atoms with Crippen LogP contribution in [0.3, 0.4) is 0 Å². The number of anilines is 2. The third-order valence-electron chi connectivity index (χ3n) is 8.79. The van der Waals surface area contributed by atoms with Crippen molar-refractivity contribution in [1.82, 2.24) is 9.13 Å². The number of nitrogens with zero attached hydrogens (tertiary/aromatic N) is 4. The van der Waals surface area contributed by atoms with Gasteiger partial charge in [-0.2, -0.15) is 0 Å². The van der Waals surface area contributed by atoms with E-state index in [9.17, 15) is 19.6 Å². The molecule has 0 fully saturated rings. The summed E-state index contributed by atoms with van der Waals surface area (Å²) in [5.41, 5.74) is 10.2. The Morgan fingerprint density at radius 2 is 1.07 bits per heavy atom. The number of aromatic nitrogens is 2. The Morgan fingerprint density at radius 3 is 1.52 bits per heavy atom. The van der Waals surface area contributed by atoms with E-state index in [1.807, 2.05) is 138 Å². The van der Waals surface area contributed by atoms with E-state index in [1.165, 1.54) is 7.11 Å². The van der Waals surface area contributed by atoms with Crippen molar-refractivity contribution >= 4 is 63.1 Å². The summed E-state index contributed by atoms with van der Waals surface area (Å²) in [6, 6.07) is 30.3. The first-order valence-corrected chi connectivity index (χ1v) is 19.0. The Bertz CT molecular complexity index is 2370. The highest BCUT2D eigenvalue weighted by atomic mass is 79.9. The Balaban J connectivity index is 0.000000209. The van der Waals surface area contributed by atoms with Crippen molar-refractivity contribution in [3.63, 3.8) is 0 Å². The first kappa shape index (κ1) is 44.5. The van der Waals surface area contributed by atoms with Gasteiger partial charge in [-0.25, -0.2) is 0 Å². The van der Waals surface area contributed by atoms with Gasteiger partial charge in [0.1, 0.15) is 14.2 Å². The quantitative estimate of drug-likeness (QED) is 0.0630. The van der Waals surface area contributed by atoms with E-state index < -0.39 is 7.12 Å². The van der Waals surface area contributed by atoms with E-state index in [0.29, 0.717) is 16.8 Å². The number of nitrogens with one attached hydrogen (secondary N) is 2. The molecule has 6 rings (SSSR count). The molecule has 0 saturated heterocycles. The Hall–Kier alpha value is -6.22. The lowest BCUT2D eigenvalue weighted by atomic mass is 9.79. The first-order valence-electron chi connectivity index (χ1n) is 18.2. The van der Waals surface area contributed by atoms with E-state index >= 15 is 0 Å². The molecule has 58 heavy (non-hydrogen) atoms. The number of amides is 2. The molecule has 0 aliphatic heterocycles. The van der Waals surface area contributed by atoms with Gasteiger partial charge in [0, 0.05) is 65.8 Å². The zero-order chi connectivity index (χ0) is 42.4. The van der Waals surface area contributed by atoms with Gasteiger partial charge in [-0.15, -0.1) is 0 Å². The monoisotopic (exact) mass is 846 g/mol. The number of oxime groups is 2. The largest absolute Gasteiger partial charge is 0.490 e. The molecular formula is C44H48BBrN6O6. The third-order valence-corrected chi connectivity index (χ3v) is 9.32. The Morgan fingerprint density at radius 1 is 0.638 bits per heavy atom. The summed E-state index contributed by atoms with van der Waals surface area (Å²) in [6.45, 7) is 7.59. The van der Waals surface area contributed by atoms with Gasteiger partial charge in [-0.05, 0) is 79.8 Å². The molecule has 0 aliphatic rings. The van der Waals surface area contributed by atoms with Gasteiger partial charge in [0.2, 0.25) is 0 Å². The van der Waals surface area contributed by atoms with Crippen molar-refractivity contribution in [3.8, 4) is 11.1 Å². The van der Waals surface area contributed by atoms with Gasteiger partial charge in [0.25, 0.3) is 11.8 Å². The van der Waals surface area contributed by atoms with Crippen molar-refractivity contribution in [2.24, 2.45) is 24.4 Å². The van der Waals surface area contributed by atoms with Crippen LogP contribution in [0.4, 0.5) is 11.4 Å². The third kappa shape index (κ3) is 12.4. The molecule has 4 aromatic carbocycles. The highest BCUT2D eigenvalue weighted by Gasteiger charge is 2.19. The number of carbonyl (C=O) groups excluding carboxylic acids is 2. The second kappa shape index (κ2) is 21.3. The molecule has 2 aromatic heterocycles. The SMILES string of the molecule is CO/N=C(\C)c1ccc(-c2ccccc2NC(=O)c2cn(C)cc2C)cc1.CO/N=C(\C)c1ccc(Br)cc1.Cc1cn(C)cc1C(=O)Nc1ccccc1B(O)O. The van der Waals surface area contributed by atoms with Crippen molar-refractivity contribution < 1.29 is 29.3 Å². The average Bonchev–Trinajstić information content (AvgIpc) is 3.74. The molecule has 0 aliphatic carbocycles. The van der Waals surface area contributed by atoms with E-state index in [-0.39, 0.29) is 17.3 Å². The smallest absolute Gasteiger partial charge is 0.423 e. The van der Waals surface area contributed by atoms with E-state index in [1.54, 1.807) is 42.1 Å². The van der Waals surface area contributed by atoms with Crippen LogP contribution in [0, 0.1) is 13.8 Å². The summed E-state index contributed by atoms with van der Waals surface area (Å²) in [6.07, 6.45) is 7.34. The van der Waals surface area contributed by atoms with Crippen LogP contribution in [0.25, 0.3) is 11.1 Å². The number of rotatable bonds is 10. The zero-order valence-electron chi connectivity index (χ0n) is 33.8. The fourth-order valence-corrected chi connectivity index (χ4v) is 6.20. The number of halogens is 1. The van der Waals surface area contributed by atoms with Gasteiger partial charge in [0.05, 0.1) is 22.6 Å². The van der Waals surface area contributed by atoms with E-state index in [2.05, 4.69) is 41.7 Å². The molecule has 0 atom stereocenters. The van der Waals surface area contributed by atoms with Crippen LogP contribution < -0.4 is 16.1 Å². The number of hydrogen-bond acceptors (Lipinski definition) is 8. The van der Waals surface area contributed by atoms with Crippen LogP contribution >= 0.6 is 15.9 Å². The van der Waals surface area contributed by atoms with Crippen LogP contribution in [0.15, 0.2) is 137 Å². The Kier molecular flexibility index (Phi) is 16.4. The van der Waals surface area contributed by atoms with Gasteiger partial charge >= 0.3 is 7.12 Å². The number of para-hydroxylation sites is 2. The minimum Gasteiger partial charge on any atom is -0.423 e. The van der Waals surface area contributed by atoms with E-state index in [4.69, 9.17) is 4.84 Å². The predicted molar refractivity (Wildman–Crippen MR) is 237 cm³/mol. The lowest BCUT2D eigenvalue weighted by molar-refractivity contribution is 0.101. The standard InChI is InChI=1S/C22H23N3O2.C13H15BN2O3.C9H10BrNO/c1-15-13-25(3)14-20(15)22(26)23-21-8-6-5-7-19(21)18-11-9-17(10-12-18)16(2)24-27-4;1-9-7-16(2)8-10(9)13(17)15-12-6-4-3-5-11(12)14(18)19;1-7(11-12-2)8-3-5-9(10)6-4-8/h5-14H,1-4H3,(H,23,26);3-8,18-19H,1-2H3,(H,15,17);3-6H,1-2H3/b24-16+;;11-7+. The minimum absolute atomic E-state index is 0.111. The summed E-state index contributed by atoms with van der Waals surface area (Å²) in [5.74, 6) is -0.383. The highest BCUT2D eigenvalue weighted by molar-refractivity contribution is 9.10.